The Morgan fingerprint density at radius 2 is 1.92 bits per heavy atom. The van der Waals surface area contributed by atoms with Gasteiger partial charge in [0.25, 0.3) is 0 Å². The molecule has 0 aromatic heterocycles. The van der Waals surface area contributed by atoms with Crippen LogP contribution in [-0.4, -0.2) is 37.1 Å². The summed E-state index contributed by atoms with van der Waals surface area (Å²) in [5, 5.41) is 9.23. The molecule has 0 aliphatic rings. The van der Waals surface area contributed by atoms with E-state index in [0.717, 1.165) is 19.5 Å². The van der Waals surface area contributed by atoms with Gasteiger partial charge in [0, 0.05) is 18.9 Å². The number of nitrogens with zero attached hydrogens (tertiary/aromatic N) is 4. The minimum atomic E-state index is 0.832. The van der Waals surface area contributed by atoms with E-state index in [9.17, 15) is 0 Å². The van der Waals surface area contributed by atoms with Crippen molar-refractivity contribution >= 4 is 0 Å². The summed E-state index contributed by atoms with van der Waals surface area (Å²) in [6.07, 6.45) is 4.10. The van der Waals surface area contributed by atoms with E-state index in [1.54, 1.807) is 11.2 Å². The van der Waals surface area contributed by atoms with Crippen LogP contribution in [0.3, 0.4) is 0 Å². The molecule has 0 amide bonds. The summed E-state index contributed by atoms with van der Waals surface area (Å²) >= 11 is 0. The molecule has 0 saturated carbocycles. The lowest BCUT2D eigenvalue weighted by Gasteiger charge is -2.13. The molecule has 0 heterocycles. The topological polar surface area (TPSA) is 31.2 Å². The van der Waals surface area contributed by atoms with Crippen molar-refractivity contribution < 1.29 is 0 Å². The standard InChI is InChI=1S/C9H18N4/c1-5-10-11-13(6-2)9-7-8-12(3)4/h5-6H,1-2,7-9H2,3-4H3. The zero-order chi connectivity index (χ0) is 10.1. The second-order valence-corrected chi connectivity index (χ2v) is 2.89. The highest BCUT2D eigenvalue weighted by molar-refractivity contribution is 4.67. The first-order chi connectivity index (χ1) is 6.20. The number of rotatable bonds is 7. The molecule has 13 heavy (non-hydrogen) atoms. The summed E-state index contributed by atoms with van der Waals surface area (Å²) in [6.45, 7) is 8.95. The van der Waals surface area contributed by atoms with Crippen LogP contribution in [0.4, 0.5) is 0 Å². The lowest BCUT2D eigenvalue weighted by molar-refractivity contribution is 0.325. The minimum Gasteiger partial charge on any atom is -0.309 e. The van der Waals surface area contributed by atoms with E-state index in [2.05, 4.69) is 28.4 Å². The van der Waals surface area contributed by atoms with E-state index in [0.29, 0.717) is 0 Å². The van der Waals surface area contributed by atoms with Crippen molar-refractivity contribution in [3.05, 3.63) is 25.6 Å². The van der Waals surface area contributed by atoms with Crippen molar-refractivity contribution in [1.82, 2.24) is 9.91 Å². The van der Waals surface area contributed by atoms with Crippen molar-refractivity contribution in [1.29, 1.82) is 0 Å². The van der Waals surface area contributed by atoms with E-state index >= 15 is 0 Å². The first kappa shape index (κ1) is 11.8. The van der Waals surface area contributed by atoms with Crippen LogP contribution in [0.2, 0.25) is 0 Å². The van der Waals surface area contributed by atoms with Gasteiger partial charge in [-0.15, -0.1) is 5.11 Å². The van der Waals surface area contributed by atoms with Gasteiger partial charge in [-0.1, -0.05) is 18.4 Å². The van der Waals surface area contributed by atoms with Gasteiger partial charge in [0.05, 0.1) is 0 Å². The van der Waals surface area contributed by atoms with Crippen LogP contribution in [0.5, 0.6) is 0 Å². The van der Waals surface area contributed by atoms with E-state index in [4.69, 9.17) is 0 Å². The third-order valence-electron chi connectivity index (χ3n) is 1.45. The van der Waals surface area contributed by atoms with Gasteiger partial charge in [0.15, 0.2) is 0 Å². The van der Waals surface area contributed by atoms with Crippen LogP contribution in [0.15, 0.2) is 35.9 Å². The van der Waals surface area contributed by atoms with Gasteiger partial charge in [0.2, 0.25) is 0 Å². The molecule has 0 fully saturated rings. The Morgan fingerprint density at radius 1 is 1.23 bits per heavy atom. The monoisotopic (exact) mass is 182 g/mol. The Morgan fingerprint density at radius 3 is 2.38 bits per heavy atom. The maximum absolute atomic E-state index is 3.86. The van der Waals surface area contributed by atoms with Gasteiger partial charge in [0.1, 0.15) is 0 Å². The number of hydrogen-bond acceptors (Lipinski definition) is 3. The van der Waals surface area contributed by atoms with Gasteiger partial charge in [-0.2, -0.15) is 0 Å². The first-order valence-corrected chi connectivity index (χ1v) is 4.26. The van der Waals surface area contributed by atoms with E-state index in [-0.39, 0.29) is 0 Å². The maximum atomic E-state index is 3.86. The summed E-state index contributed by atoms with van der Waals surface area (Å²) in [6, 6.07) is 0. The van der Waals surface area contributed by atoms with Gasteiger partial charge >= 0.3 is 0 Å². The Kier molecular flexibility index (Phi) is 6.82. The zero-order valence-electron chi connectivity index (χ0n) is 8.48. The highest BCUT2D eigenvalue weighted by Gasteiger charge is 1.95. The third kappa shape index (κ3) is 7.21. The second-order valence-electron chi connectivity index (χ2n) is 2.89. The molecule has 0 atom stereocenters. The first-order valence-electron chi connectivity index (χ1n) is 4.26. The molecule has 0 rings (SSSR count). The van der Waals surface area contributed by atoms with Crippen LogP contribution in [0.25, 0.3) is 0 Å². The molecular formula is C9H18N4. The molecular weight excluding hydrogens is 164 g/mol. The summed E-state index contributed by atoms with van der Waals surface area (Å²) in [5.74, 6) is 0. The van der Waals surface area contributed by atoms with Gasteiger partial charge in [-0.05, 0) is 27.1 Å². The minimum absolute atomic E-state index is 0.832. The van der Waals surface area contributed by atoms with E-state index < -0.39 is 0 Å². The molecule has 0 unspecified atom stereocenters. The Bertz CT molecular complexity index is 174. The van der Waals surface area contributed by atoms with E-state index in [1.807, 2.05) is 14.1 Å². The molecule has 4 nitrogen and oxygen atoms in total. The fourth-order valence-electron chi connectivity index (χ4n) is 0.824. The quantitative estimate of drug-likeness (QED) is 0.445. The predicted octanol–water partition coefficient (Wildman–Crippen LogP) is 1.89. The van der Waals surface area contributed by atoms with Crippen molar-refractivity contribution in [2.75, 3.05) is 27.2 Å². The zero-order valence-corrected chi connectivity index (χ0v) is 8.48. The highest BCUT2D eigenvalue weighted by Crippen LogP contribution is 1.95. The Hall–Kier alpha value is -1.16. The molecule has 0 N–H and O–H groups in total. The van der Waals surface area contributed by atoms with Crippen LogP contribution in [0, 0.1) is 0 Å². The molecule has 0 spiro atoms. The highest BCUT2D eigenvalue weighted by atomic mass is 15.5. The largest absolute Gasteiger partial charge is 0.309 e. The normalized spacial score (nSPS) is 10.7. The molecule has 0 aromatic rings. The molecule has 0 aliphatic carbocycles. The second kappa shape index (κ2) is 7.49. The molecule has 0 aliphatic heterocycles. The molecule has 4 heteroatoms. The average molecular weight is 182 g/mol. The average Bonchev–Trinajstić information content (AvgIpc) is 2.10. The molecule has 0 aromatic carbocycles. The lowest BCUT2D eigenvalue weighted by Crippen LogP contribution is -2.19. The molecule has 74 valence electrons. The fourth-order valence-corrected chi connectivity index (χ4v) is 0.824. The van der Waals surface area contributed by atoms with E-state index in [1.165, 1.54) is 6.20 Å². The maximum Gasteiger partial charge on any atom is 0.0441 e. The smallest absolute Gasteiger partial charge is 0.0441 e. The molecule has 0 saturated heterocycles. The van der Waals surface area contributed by atoms with Crippen LogP contribution in [0.1, 0.15) is 6.42 Å². The van der Waals surface area contributed by atoms with Crippen LogP contribution < -0.4 is 0 Å². The molecule has 0 bridgehead atoms. The molecule has 0 radical (unpaired) electrons. The summed E-state index contributed by atoms with van der Waals surface area (Å²) in [4.78, 5) is 2.13. The van der Waals surface area contributed by atoms with Crippen LogP contribution >= 0.6 is 0 Å². The van der Waals surface area contributed by atoms with Gasteiger partial charge < -0.3 is 4.90 Å². The lowest BCUT2D eigenvalue weighted by atomic mass is 10.4. The van der Waals surface area contributed by atoms with Gasteiger partial charge in [-0.3, -0.25) is 5.01 Å². The fraction of sp³-hybridized carbons (Fsp3) is 0.556. The Balaban J connectivity index is 3.65. The number of hydrogen-bond donors (Lipinski definition) is 0. The summed E-state index contributed by atoms with van der Waals surface area (Å²) in [5.41, 5.74) is 0. The predicted molar refractivity (Wildman–Crippen MR) is 55.1 cm³/mol. The summed E-state index contributed by atoms with van der Waals surface area (Å²) in [7, 11) is 4.09. The van der Waals surface area contributed by atoms with Crippen molar-refractivity contribution in [3.63, 3.8) is 0 Å². The third-order valence-corrected chi connectivity index (χ3v) is 1.45. The summed E-state index contributed by atoms with van der Waals surface area (Å²) < 4.78 is 0. The Labute approximate surface area is 80.2 Å². The van der Waals surface area contributed by atoms with Crippen LogP contribution in [-0.2, 0) is 0 Å². The van der Waals surface area contributed by atoms with Crippen molar-refractivity contribution in [3.8, 4) is 0 Å². The van der Waals surface area contributed by atoms with Crippen molar-refractivity contribution in [2.24, 2.45) is 10.3 Å². The van der Waals surface area contributed by atoms with Gasteiger partial charge in [-0.25, -0.2) is 0 Å². The SMILES string of the molecule is C=CN=NN(C=C)CCCN(C)C. The van der Waals surface area contributed by atoms with Crippen molar-refractivity contribution in [2.45, 2.75) is 6.42 Å².